The first-order chi connectivity index (χ1) is 12.6. The minimum absolute atomic E-state index is 0.0163. The van der Waals surface area contributed by atoms with Gasteiger partial charge in [0.25, 0.3) is 0 Å². The number of halogens is 2. The van der Waals surface area contributed by atoms with Gasteiger partial charge in [0.1, 0.15) is 5.82 Å². The van der Waals surface area contributed by atoms with Gasteiger partial charge in [-0.05, 0) is 43.4 Å². The summed E-state index contributed by atoms with van der Waals surface area (Å²) in [5, 5.41) is 2.99. The molecule has 0 saturated carbocycles. The van der Waals surface area contributed by atoms with Crippen LogP contribution in [0.5, 0.6) is 0 Å². The molecule has 0 radical (unpaired) electrons. The van der Waals surface area contributed by atoms with Crippen LogP contribution in [-0.2, 0) is 21.4 Å². The number of anilines is 1. The Morgan fingerprint density at radius 1 is 1.11 bits per heavy atom. The zero-order chi connectivity index (χ0) is 20.2. The number of nitrogens with one attached hydrogen (secondary N) is 1. The molecule has 2 aromatic carbocycles. The van der Waals surface area contributed by atoms with Gasteiger partial charge in [-0.15, -0.1) is 0 Å². The first kappa shape index (κ1) is 21.3. The summed E-state index contributed by atoms with van der Waals surface area (Å²) in [5.41, 5.74) is 0.794. The molecule has 0 atom stereocenters. The van der Waals surface area contributed by atoms with Gasteiger partial charge in [0.2, 0.25) is 15.9 Å². The predicted molar refractivity (Wildman–Crippen MR) is 104 cm³/mol. The molecule has 0 aliphatic carbocycles. The number of hydrogen-bond acceptors (Lipinski definition) is 4. The number of carbonyl (C=O) groups is 1. The molecule has 0 fully saturated rings. The largest absolute Gasteiger partial charge is 0.325 e. The van der Waals surface area contributed by atoms with Gasteiger partial charge in [-0.25, -0.2) is 17.1 Å². The lowest BCUT2D eigenvalue weighted by Crippen LogP contribution is -2.30. The van der Waals surface area contributed by atoms with E-state index < -0.39 is 15.8 Å². The maximum Gasteiger partial charge on any atom is 0.242 e. The first-order valence-electron chi connectivity index (χ1n) is 8.05. The molecule has 0 aliphatic heterocycles. The van der Waals surface area contributed by atoms with Gasteiger partial charge < -0.3 is 5.32 Å². The highest BCUT2D eigenvalue weighted by atomic mass is 35.5. The van der Waals surface area contributed by atoms with Crippen molar-refractivity contribution < 1.29 is 17.6 Å². The van der Waals surface area contributed by atoms with Crippen LogP contribution in [0.15, 0.2) is 47.4 Å². The van der Waals surface area contributed by atoms with Gasteiger partial charge in [-0.2, -0.15) is 0 Å². The van der Waals surface area contributed by atoms with Crippen LogP contribution in [0.4, 0.5) is 10.1 Å². The molecule has 0 spiro atoms. The standard InChI is InChI=1S/C18H21ClFN3O3S/c1-22(2)27(25,26)14-9-7-13(8-10-14)21-18(24)12-23(3)11-15-16(19)5-4-6-17(15)20/h4-10H,11-12H2,1-3H3,(H,21,24). The predicted octanol–water partition coefficient (Wildman–Crippen LogP) is 2.80. The normalized spacial score (nSPS) is 11.8. The Balaban J connectivity index is 1.97. The van der Waals surface area contributed by atoms with Crippen LogP contribution in [0.1, 0.15) is 5.56 Å². The fourth-order valence-corrected chi connectivity index (χ4v) is 3.50. The molecule has 0 aromatic heterocycles. The van der Waals surface area contributed by atoms with Crippen molar-refractivity contribution in [2.45, 2.75) is 11.4 Å². The minimum atomic E-state index is -3.52. The number of hydrogen-bond donors (Lipinski definition) is 1. The molecular weight excluding hydrogens is 393 g/mol. The molecule has 27 heavy (non-hydrogen) atoms. The van der Waals surface area contributed by atoms with E-state index in [0.717, 1.165) is 4.31 Å². The van der Waals surface area contributed by atoms with E-state index in [1.165, 1.54) is 50.5 Å². The zero-order valence-electron chi connectivity index (χ0n) is 15.2. The average molecular weight is 414 g/mol. The van der Waals surface area contributed by atoms with Gasteiger partial charge in [-0.3, -0.25) is 9.69 Å². The SMILES string of the molecule is CN(CC(=O)Nc1ccc(S(=O)(=O)N(C)C)cc1)Cc1c(F)cccc1Cl. The van der Waals surface area contributed by atoms with E-state index >= 15 is 0 Å². The van der Waals surface area contributed by atoms with E-state index in [4.69, 9.17) is 11.6 Å². The summed E-state index contributed by atoms with van der Waals surface area (Å²) in [6.45, 7) is 0.196. The van der Waals surface area contributed by atoms with E-state index in [9.17, 15) is 17.6 Å². The van der Waals surface area contributed by atoms with Crippen LogP contribution in [0.25, 0.3) is 0 Å². The Labute approximate surface area is 163 Å². The van der Waals surface area contributed by atoms with Crippen molar-refractivity contribution in [1.29, 1.82) is 0 Å². The summed E-state index contributed by atoms with van der Waals surface area (Å²) in [4.78, 5) is 13.9. The summed E-state index contributed by atoms with van der Waals surface area (Å²) in [5.74, 6) is -0.736. The number of amides is 1. The monoisotopic (exact) mass is 413 g/mol. The smallest absolute Gasteiger partial charge is 0.242 e. The molecule has 0 bridgehead atoms. The maximum atomic E-state index is 13.8. The highest BCUT2D eigenvalue weighted by Crippen LogP contribution is 2.20. The molecule has 6 nitrogen and oxygen atoms in total. The minimum Gasteiger partial charge on any atom is -0.325 e. The average Bonchev–Trinajstić information content (AvgIpc) is 2.58. The summed E-state index contributed by atoms with van der Waals surface area (Å²) >= 11 is 5.99. The molecule has 146 valence electrons. The number of benzene rings is 2. The molecule has 0 unspecified atom stereocenters. The maximum absolute atomic E-state index is 13.8. The fourth-order valence-electron chi connectivity index (χ4n) is 2.38. The highest BCUT2D eigenvalue weighted by molar-refractivity contribution is 7.89. The second kappa shape index (κ2) is 8.79. The van der Waals surface area contributed by atoms with E-state index in [0.29, 0.717) is 16.3 Å². The summed E-state index contributed by atoms with van der Waals surface area (Å²) in [7, 11) is 1.05. The molecule has 1 amide bonds. The number of rotatable bonds is 7. The summed E-state index contributed by atoms with van der Waals surface area (Å²) in [6.07, 6.45) is 0. The van der Waals surface area contributed by atoms with Gasteiger partial charge in [0, 0.05) is 36.9 Å². The van der Waals surface area contributed by atoms with E-state index in [-0.39, 0.29) is 23.9 Å². The summed E-state index contributed by atoms with van der Waals surface area (Å²) in [6, 6.07) is 10.3. The van der Waals surface area contributed by atoms with Crippen molar-refractivity contribution in [3.63, 3.8) is 0 Å². The van der Waals surface area contributed by atoms with E-state index in [2.05, 4.69) is 5.32 Å². The quantitative estimate of drug-likeness (QED) is 0.757. The Kier molecular flexibility index (Phi) is 6.94. The second-order valence-electron chi connectivity index (χ2n) is 6.23. The molecule has 2 aromatic rings. The molecule has 0 heterocycles. The van der Waals surface area contributed by atoms with Crippen LogP contribution >= 0.6 is 11.6 Å². The Bertz CT molecular complexity index is 898. The van der Waals surface area contributed by atoms with E-state index in [1.54, 1.807) is 18.0 Å². The third kappa shape index (κ3) is 5.49. The van der Waals surface area contributed by atoms with Crippen LogP contribution in [0.2, 0.25) is 5.02 Å². The lowest BCUT2D eigenvalue weighted by atomic mass is 10.2. The number of likely N-dealkylation sites (N-methyl/N-ethyl adjacent to an activating group) is 1. The topological polar surface area (TPSA) is 69.7 Å². The number of carbonyl (C=O) groups excluding carboxylic acids is 1. The van der Waals surface area contributed by atoms with Crippen molar-refractivity contribution in [3.05, 3.63) is 58.9 Å². The molecule has 1 N–H and O–H groups in total. The Hall–Kier alpha value is -2.00. The zero-order valence-corrected chi connectivity index (χ0v) is 16.8. The van der Waals surface area contributed by atoms with Gasteiger partial charge >= 0.3 is 0 Å². The Morgan fingerprint density at radius 3 is 2.30 bits per heavy atom. The Morgan fingerprint density at radius 2 is 1.74 bits per heavy atom. The van der Waals surface area contributed by atoms with Crippen LogP contribution in [0, 0.1) is 5.82 Å². The van der Waals surface area contributed by atoms with Crippen LogP contribution in [-0.4, -0.2) is 51.2 Å². The first-order valence-corrected chi connectivity index (χ1v) is 9.87. The summed E-state index contributed by atoms with van der Waals surface area (Å²) < 4.78 is 39.0. The van der Waals surface area contributed by atoms with Gasteiger partial charge in [0.15, 0.2) is 0 Å². The van der Waals surface area contributed by atoms with Crippen molar-refractivity contribution in [3.8, 4) is 0 Å². The van der Waals surface area contributed by atoms with Crippen molar-refractivity contribution in [1.82, 2.24) is 9.21 Å². The molecular formula is C18H21ClFN3O3S. The van der Waals surface area contributed by atoms with Crippen molar-refractivity contribution in [2.75, 3.05) is 33.0 Å². The number of nitrogens with zero attached hydrogens (tertiary/aromatic N) is 2. The second-order valence-corrected chi connectivity index (χ2v) is 8.79. The van der Waals surface area contributed by atoms with Gasteiger partial charge in [0.05, 0.1) is 11.4 Å². The van der Waals surface area contributed by atoms with Crippen LogP contribution < -0.4 is 5.32 Å². The molecule has 0 saturated heterocycles. The van der Waals surface area contributed by atoms with E-state index in [1.807, 2.05) is 0 Å². The fraction of sp³-hybridized carbons (Fsp3) is 0.278. The lowest BCUT2D eigenvalue weighted by Gasteiger charge is -2.18. The highest BCUT2D eigenvalue weighted by Gasteiger charge is 2.17. The molecule has 2 rings (SSSR count). The van der Waals surface area contributed by atoms with Crippen molar-refractivity contribution in [2.24, 2.45) is 0 Å². The van der Waals surface area contributed by atoms with Gasteiger partial charge in [-0.1, -0.05) is 17.7 Å². The molecule has 9 heteroatoms. The van der Waals surface area contributed by atoms with Crippen LogP contribution in [0.3, 0.4) is 0 Å². The third-order valence-electron chi connectivity index (χ3n) is 3.82. The number of sulfonamides is 1. The molecule has 0 aliphatic rings. The third-order valence-corrected chi connectivity index (χ3v) is 6.00. The van der Waals surface area contributed by atoms with Crippen molar-refractivity contribution >= 4 is 33.2 Å². The lowest BCUT2D eigenvalue weighted by molar-refractivity contribution is -0.117.